The maximum atomic E-state index is 13.1. The van der Waals surface area contributed by atoms with Gasteiger partial charge < -0.3 is 10.2 Å². The molecule has 2 aromatic rings. The van der Waals surface area contributed by atoms with Gasteiger partial charge in [0.2, 0.25) is 11.8 Å². The highest BCUT2D eigenvalue weighted by Gasteiger charge is 2.26. The Labute approximate surface area is 210 Å². The number of thioether (sulfide) groups is 1. The van der Waals surface area contributed by atoms with E-state index in [9.17, 15) is 9.59 Å². The number of carbonyl (C=O) groups is 2. The predicted octanol–water partition coefficient (Wildman–Crippen LogP) is 6.71. The Balaban J connectivity index is 2.02. The van der Waals surface area contributed by atoms with Crippen LogP contribution in [0.15, 0.2) is 47.4 Å². The number of hydrogen-bond donors (Lipinski definition) is 1. The van der Waals surface area contributed by atoms with Crippen molar-refractivity contribution in [3.8, 4) is 0 Å². The molecule has 0 radical (unpaired) electrons. The van der Waals surface area contributed by atoms with Crippen molar-refractivity contribution in [1.82, 2.24) is 10.2 Å². The molecule has 0 saturated heterocycles. The lowest BCUT2D eigenvalue weighted by Gasteiger charge is -2.29. The van der Waals surface area contributed by atoms with Crippen LogP contribution < -0.4 is 5.32 Å². The Bertz CT molecular complexity index is 907. The minimum atomic E-state index is -0.598. The predicted molar refractivity (Wildman–Crippen MR) is 136 cm³/mol. The minimum absolute atomic E-state index is 0.0695. The number of amides is 2. The van der Waals surface area contributed by atoms with E-state index in [1.165, 1.54) is 0 Å². The Morgan fingerprint density at radius 2 is 1.69 bits per heavy atom. The van der Waals surface area contributed by atoms with Crippen molar-refractivity contribution in [2.45, 2.75) is 51.1 Å². The first-order chi connectivity index (χ1) is 15.2. The fraction of sp³-hybridized carbons (Fsp3) is 0.417. The van der Waals surface area contributed by atoms with Crippen molar-refractivity contribution >= 4 is 58.4 Å². The average molecular weight is 516 g/mol. The van der Waals surface area contributed by atoms with Crippen molar-refractivity contribution in [2.24, 2.45) is 5.92 Å². The Morgan fingerprint density at radius 3 is 2.31 bits per heavy atom. The van der Waals surface area contributed by atoms with Crippen LogP contribution in [0.3, 0.4) is 0 Å². The van der Waals surface area contributed by atoms with Crippen molar-refractivity contribution in [3.63, 3.8) is 0 Å². The molecule has 0 bridgehead atoms. The van der Waals surface area contributed by atoms with E-state index in [0.717, 1.165) is 16.2 Å². The first-order valence-electron chi connectivity index (χ1n) is 10.6. The number of halogens is 3. The summed E-state index contributed by atoms with van der Waals surface area (Å²) in [5, 5.41) is 4.50. The molecule has 0 aromatic heterocycles. The molecule has 8 heteroatoms. The van der Waals surface area contributed by atoms with Gasteiger partial charge in [-0.05, 0) is 67.0 Å². The fourth-order valence-corrected chi connectivity index (χ4v) is 4.26. The number of hydrogen-bond acceptors (Lipinski definition) is 3. The van der Waals surface area contributed by atoms with Gasteiger partial charge in [0.05, 0.1) is 10.0 Å². The lowest BCUT2D eigenvalue weighted by atomic mass is 10.1. The van der Waals surface area contributed by atoms with Gasteiger partial charge in [0.1, 0.15) is 6.04 Å². The summed E-state index contributed by atoms with van der Waals surface area (Å²) in [6, 6.07) is 12.3. The van der Waals surface area contributed by atoms with Gasteiger partial charge in [-0.3, -0.25) is 9.59 Å². The van der Waals surface area contributed by atoms with Crippen LogP contribution in [0.5, 0.6) is 0 Å². The molecular weight excluding hydrogens is 487 g/mol. The summed E-state index contributed by atoms with van der Waals surface area (Å²) in [6.07, 6.45) is 1.05. The largest absolute Gasteiger partial charge is 0.354 e. The molecule has 1 atom stereocenters. The molecule has 0 aliphatic carbocycles. The molecule has 32 heavy (non-hydrogen) atoms. The molecule has 0 heterocycles. The second kappa shape index (κ2) is 13.3. The molecule has 0 saturated carbocycles. The average Bonchev–Trinajstić information content (AvgIpc) is 2.76. The molecule has 0 fully saturated rings. The van der Waals surface area contributed by atoms with Crippen LogP contribution in [0, 0.1) is 5.92 Å². The summed E-state index contributed by atoms with van der Waals surface area (Å²) < 4.78 is 0. The smallest absolute Gasteiger partial charge is 0.242 e. The molecule has 0 aliphatic heterocycles. The third-order valence-electron chi connectivity index (χ3n) is 4.81. The number of nitrogens with one attached hydrogen (secondary N) is 1. The van der Waals surface area contributed by atoms with Crippen molar-refractivity contribution in [1.29, 1.82) is 0 Å². The van der Waals surface area contributed by atoms with E-state index in [1.807, 2.05) is 44.2 Å². The van der Waals surface area contributed by atoms with E-state index in [4.69, 9.17) is 34.8 Å². The van der Waals surface area contributed by atoms with Gasteiger partial charge in [0.15, 0.2) is 0 Å². The quantitative estimate of drug-likeness (QED) is 0.267. The van der Waals surface area contributed by atoms with Gasteiger partial charge in [-0.15, -0.1) is 11.8 Å². The van der Waals surface area contributed by atoms with E-state index in [1.54, 1.807) is 35.7 Å². The molecule has 0 unspecified atom stereocenters. The van der Waals surface area contributed by atoms with Crippen LogP contribution in [0.25, 0.3) is 0 Å². The van der Waals surface area contributed by atoms with E-state index in [-0.39, 0.29) is 18.4 Å². The molecule has 174 valence electrons. The lowest BCUT2D eigenvalue weighted by Crippen LogP contribution is -2.48. The topological polar surface area (TPSA) is 49.4 Å². The second-order valence-electron chi connectivity index (χ2n) is 7.99. The summed E-state index contributed by atoms with van der Waals surface area (Å²) in [4.78, 5) is 28.5. The molecule has 4 nitrogen and oxygen atoms in total. The summed E-state index contributed by atoms with van der Waals surface area (Å²) >= 11 is 19.8. The van der Waals surface area contributed by atoms with Crippen molar-refractivity contribution in [2.75, 3.05) is 12.3 Å². The Hall–Kier alpha value is -1.40. The minimum Gasteiger partial charge on any atom is -0.354 e. The maximum absolute atomic E-state index is 13.1. The van der Waals surface area contributed by atoms with E-state index in [0.29, 0.717) is 40.4 Å². The lowest BCUT2D eigenvalue weighted by molar-refractivity contribution is -0.140. The number of rotatable bonds is 11. The SMILES string of the molecule is CC(C)CNC(=O)[C@@H](C)N(Cc1ccc(Cl)c(Cl)c1)C(=O)CCCSc1ccc(Cl)cc1. The second-order valence-corrected chi connectivity index (χ2v) is 10.4. The molecular formula is C24H29Cl3N2O2S. The molecule has 0 aliphatic rings. The molecule has 0 spiro atoms. The van der Waals surface area contributed by atoms with E-state index in [2.05, 4.69) is 5.32 Å². The third kappa shape index (κ3) is 8.86. The zero-order valence-corrected chi connectivity index (χ0v) is 21.6. The molecule has 2 rings (SSSR count). The normalized spacial score (nSPS) is 12.0. The van der Waals surface area contributed by atoms with Gasteiger partial charge >= 0.3 is 0 Å². The van der Waals surface area contributed by atoms with Crippen LogP contribution in [0.2, 0.25) is 15.1 Å². The Kier molecular flexibility index (Phi) is 11.2. The number of benzene rings is 2. The first kappa shape index (κ1) is 26.8. The number of carbonyl (C=O) groups excluding carboxylic acids is 2. The highest BCUT2D eigenvalue weighted by molar-refractivity contribution is 7.99. The van der Waals surface area contributed by atoms with Crippen LogP contribution in [0.4, 0.5) is 0 Å². The first-order valence-corrected chi connectivity index (χ1v) is 12.7. The van der Waals surface area contributed by atoms with Crippen molar-refractivity contribution in [3.05, 3.63) is 63.1 Å². The summed E-state index contributed by atoms with van der Waals surface area (Å²) in [5.41, 5.74) is 0.826. The van der Waals surface area contributed by atoms with Crippen LogP contribution >= 0.6 is 46.6 Å². The summed E-state index contributed by atoms with van der Waals surface area (Å²) in [7, 11) is 0. The molecule has 2 amide bonds. The van der Waals surface area contributed by atoms with Crippen molar-refractivity contribution < 1.29 is 9.59 Å². The highest BCUT2D eigenvalue weighted by Crippen LogP contribution is 2.25. The van der Waals surface area contributed by atoms with Gasteiger partial charge in [0, 0.05) is 29.4 Å². The zero-order valence-electron chi connectivity index (χ0n) is 18.5. The third-order valence-corrected chi connectivity index (χ3v) is 6.90. The molecule has 1 N–H and O–H groups in total. The standard InChI is InChI=1S/C24H29Cl3N2O2S/c1-16(2)14-28-24(31)17(3)29(15-18-6-11-21(26)22(27)13-18)23(30)5-4-12-32-20-9-7-19(25)8-10-20/h6-11,13,16-17H,4-5,12,14-15H2,1-3H3,(H,28,31)/t17-/m1/s1. The van der Waals surface area contributed by atoms with Crippen LogP contribution in [-0.2, 0) is 16.1 Å². The maximum Gasteiger partial charge on any atom is 0.242 e. The van der Waals surface area contributed by atoms with E-state index < -0.39 is 6.04 Å². The summed E-state index contributed by atoms with van der Waals surface area (Å²) in [5.74, 6) is 0.889. The van der Waals surface area contributed by atoms with Crippen LogP contribution in [0.1, 0.15) is 39.2 Å². The zero-order chi connectivity index (χ0) is 23.7. The van der Waals surface area contributed by atoms with Gasteiger partial charge in [0.25, 0.3) is 0 Å². The Morgan fingerprint density at radius 1 is 1.00 bits per heavy atom. The highest BCUT2D eigenvalue weighted by atomic mass is 35.5. The fourth-order valence-electron chi connectivity index (χ4n) is 2.96. The molecule has 2 aromatic carbocycles. The monoisotopic (exact) mass is 514 g/mol. The number of nitrogens with zero attached hydrogens (tertiary/aromatic N) is 1. The van der Waals surface area contributed by atoms with Crippen LogP contribution in [-0.4, -0.2) is 35.1 Å². The van der Waals surface area contributed by atoms with E-state index >= 15 is 0 Å². The van der Waals surface area contributed by atoms with Gasteiger partial charge in [-0.25, -0.2) is 0 Å². The summed E-state index contributed by atoms with van der Waals surface area (Å²) in [6.45, 7) is 6.67. The van der Waals surface area contributed by atoms with Gasteiger partial charge in [-0.2, -0.15) is 0 Å². The van der Waals surface area contributed by atoms with Gasteiger partial charge in [-0.1, -0.05) is 54.7 Å².